The van der Waals surface area contributed by atoms with Crippen molar-refractivity contribution >= 4 is 15.9 Å². The summed E-state index contributed by atoms with van der Waals surface area (Å²) in [6.07, 6.45) is 5.09. The van der Waals surface area contributed by atoms with Crippen LogP contribution in [0.15, 0.2) is 11.0 Å². The Hall–Kier alpha value is -1.74. The molecule has 26 heavy (non-hydrogen) atoms. The summed E-state index contributed by atoms with van der Waals surface area (Å²) in [7, 11) is -3.26. The summed E-state index contributed by atoms with van der Waals surface area (Å²) >= 11 is 0. The van der Waals surface area contributed by atoms with Crippen molar-refractivity contribution in [2.45, 2.75) is 45.1 Å². The van der Waals surface area contributed by atoms with Gasteiger partial charge in [0.15, 0.2) is 0 Å². The number of amides is 1. The van der Waals surface area contributed by atoms with Gasteiger partial charge in [-0.3, -0.25) is 9.59 Å². The number of aromatic nitrogens is 2. The van der Waals surface area contributed by atoms with Gasteiger partial charge >= 0.3 is 0 Å². The lowest BCUT2D eigenvalue weighted by Gasteiger charge is -2.22. The number of aryl methyl sites for hydroxylation is 1. The van der Waals surface area contributed by atoms with E-state index in [1.54, 1.807) is 6.20 Å². The molecule has 1 saturated heterocycles. The van der Waals surface area contributed by atoms with Crippen LogP contribution in [-0.4, -0.2) is 54.1 Å². The van der Waals surface area contributed by atoms with Crippen molar-refractivity contribution in [2.75, 3.05) is 25.9 Å². The predicted octanol–water partition coefficient (Wildman–Crippen LogP) is 0.326. The fourth-order valence-electron chi connectivity index (χ4n) is 3.70. The molecule has 0 bridgehead atoms. The fourth-order valence-corrected chi connectivity index (χ4v) is 4.60. The van der Waals surface area contributed by atoms with E-state index in [0.29, 0.717) is 44.3 Å². The molecule has 2 aliphatic heterocycles. The molecule has 0 unspecified atom stereocenters. The zero-order valence-corrected chi connectivity index (χ0v) is 16.3. The number of rotatable bonds is 5. The first kappa shape index (κ1) is 19.0. The van der Waals surface area contributed by atoms with E-state index in [2.05, 4.69) is 10.3 Å². The third kappa shape index (κ3) is 3.42. The van der Waals surface area contributed by atoms with E-state index >= 15 is 0 Å². The van der Waals surface area contributed by atoms with Crippen molar-refractivity contribution in [3.63, 3.8) is 0 Å². The molecule has 8 nitrogen and oxygen atoms in total. The molecule has 0 saturated carbocycles. The van der Waals surface area contributed by atoms with Crippen LogP contribution in [0.3, 0.4) is 0 Å². The SMILES string of the molecule is CC[C@H](C)CNC(=O)c1cn2c(nc1=O)[C@]1(CCN(S(C)(=O)=O)C1)CC2. The van der Waals surface area contributed by atoms with Gasteiger partial charge in [-0.1, -0.05) is 20.3 Å². The average Bonchev–Trinajstić information content (AvgIpc) is 3.17. The number of sulfonamides is 1. The summed E-state index contributed by atoms with van der Waals surface area (Å²) in [5, 5.41) is 2.79. The zero-order valence-electron chi connectivity index (χ0n) is 15.5. The third-order valence-electron chi connectivity index (χ3n) is 5.64. The maximum Gasteiger partial charge on any atom is 0.285 e. The number of carbonyl (C=O) groups is 1. The largest absolute Gasteiger partial charge is 0.352 e. The molecule has 3 heterocycles. The van der Waals surface area contributed by atoms with Gasteiger partial charge in [0.25, 0.3) is 11.5 Å². The molecule has 1 N–H and O–H groups in total. The lowest BCUT2D eigenvalue weighted by molar-refractivity contribution is 0.0945. The summed E-state index contributed by atoms with van der Waals surface area (Å²) in [4.78, 5) is 29.0. The Bertz CT molecular complexity index is 879. The Labute approximate surface area is 153 Å². The smallest absolute Gasteiger partial charge is 0.285 e. The Morgan fingerprint density at radius 2 is 2.08 bits per heavy atom. The highest BCUT2D eigenvalue weighted by molar-refractivity contribution is 7.88. The van der Waals surface area contributed by atoms with Gasteiger partial charge in [-0.25, -0.2) is 12.7 Å². The number of carbonyl (C=O) groups excluding carboxylic acids is 1. The highest BCUT2D eigenvalue weighted by atomic mass is 32.2. The molecule has 1 fully saturated rings. The van der Waals surface area contributed by atoms with E-state index in [9.17, 15) is 18.0 Å². The van der Waals surface area contributed by atoms with Crippen LogP contribution in [0, 0.1) is 5.92 Å². The van der Waals surface area contributed by atoms with Gasteiger partial charge in [0.2, 0.25) is 10.0 Å². The molecule has 1 spiro atoms. The van der Waals surface area contributed by atoms with Crippen molar-refractivity contribution in [1.82, 2.24) is 19.2 Å². The van der Waals surface area contributed by atoms with Crippen molar-refractivity contribution in [2.24, 2.45) is 5.92 Å². The molecule has 0 radical (unpaired) electrons. The van der Waals surface area contributed by atoms with Crippen LogP contribution < -0.4 is 10.9 Å². The number of hydrogen-bond acceptors (Lipinski definition) is 5. The summed E-state index contributed by atoms with van der Waals surface area (Å²) in [5.74, 6) is 0.545. The van der Waals surface area contributed by atoms with Gasteiger partial charge in [-0.15, -0.1) is 0 Å². The molecule has 1 aromatic heterocycles. The summed E-state index contributed by atoms with van der Waals surface area (Å²) in [6.45, 7) is 6.01. The molecule has 1 aromatic rings. The monoisotopic (exact) mass is 382 g/mol. The average molecular weight is 382 g/mol. The normalized spacial score (nSPS) is 24.0. The van der Waals surface area contributed by atoms with Gasteiger partial charge in [0, 0.05) is 37.8 Å². The molecule has 1 amide bonds. The van der Waals surface area contributed by atoms with Crippen LogP contribution >= 0.6 is 0 Å². The lowest BCUT2D eigenvalue weighted by atomic mass is 9.85. The summed E-state index contributed by atoms with van der Waals surface area (Å²) in [6, 6.07) is 0. The molecular weight excluding hydrogens is 356 g/mol. The zero-order chi connectivity index (χ0) is 19.1. The second-order valence-electron chi connectivity index (χ2n) is 7.58. The van der Waals surface area contributed by atoms with Crippen molar-refractivity contribution in [3.8, 4) is 0 Å². The lowest BCUT2D eigenvalue weighted by Crippen LogP contribution is -2.37. The van der Waals surface area contributed by atoms with Crippen LogP contribution in [0.2, 0.25) is 0 Å². The van der Waals surface area contributed by atoms with E-state index in [-0.39, 0.29) is 5.56 Å². The van der Waals surface area contributed by atoms with Gasteiger partial charge in [0.05, 0.1) is 6.26 Å². The number of nitrogens with one attached hydrogen (secondary N) is 1. The minimum absolute atomic E-state index is 0.0482. The molecule has 0 aromatic carbocycles. The Morgan fingerprint density at radius 1 is 1.38 bits per heavy atom. The van der Waals surface area contributed by atoms with E-state index < -0.39 is 26.9 Å². The second-order valence-corrected chi connectivity index (χ2v) is 9.56. The predicted molar refractivity (Wildman–Crippen MR) is 97.6 cm³/mol. The first-order chi connectivity index (χ1) is 12.2. The Balaban J connectivity index is 1.85. The first-order valence-electron chi connectivity index (χ1n) is 9.01. The summed E-state index contributed by atoms with van der Waals surface area (Å²) < 4.78 is 26.9. The van der Waals surface area contributed by atoms with E-state index in [1.165, 1.54) is 10.6 Å². The Kier molecular flexibility index (Phi) is 4.96. The molecule has 3 rings (SSSR count). The van der Waals surface area contributed by atoms with Crippen LogP contribution in [-0.2, 0) is 22.0 Å². The van der Waals surface area contributed by atoms with Gasteiger partial charge in [-0.05, 0) is 18.8 Å². The van der Waals surface area contributed by atoms with Gasteiger partial charge in [-0.2, -0.15) is 4.98 Å². The van der Waals surface area contributed by atoms with Crippen LogP contribution in [0.25, 0.3) is 0 Å². The second kappa shape index (κ2) is 6.77. The fraction of sp³-hybridized carbons (Fsp3) is 0.706. The number of hydrogen-bond donors (Lipinski definition) is 1. The van der Waals surface area contributed by atoms with Crippen LogP contribution in [0.1, 0.15) is 49.3 Å². The minimum atomic E-state index is -3.26. The van der Waals surface area contributed by atoms with E-state index in [4.69, 9.17) is 0 Å². The molecule has 144 valence electrons. The van der Waals surface area contributed by atoms with Crippen LogP contribution in [0.4, 0.5) is 0 Å². The summed E-state index contributed by atoms with van der Waals surface area (Å²) in [5.41, 5.74) is -0.919. The maximum atomic E-state index is 12.4. The van der Waals surface area contributed by atoms with E-state index in [0.717, 1.165) is 12.8 Å². The van der Waals surface area contributed by atoms with Crippen molar-refractivity contribution in [1.29, 1.82) is 0 Å². The van der Waals surface area contributed by atoms with E-state index in [1.807, 2.05) is 18.4 Å². The van der Waals surface area contributed by atoms with Crippen LogP contribution in [0.5, 0.6) is 0 Å². The minimum Gasteiger partial charge on any atom is -0.352 e. The number of nitrogens with zero attached hydrogens (tertiary/aromatic N) is 3. The van der Waals surface area contributed by atoms with Gasteiger partial charge in [0.1, 0.15) is 11.4 Å². The molecule has 0 aliphatic carbocycles. The highest BCUT2D eigenvalue weighted by Gasteiger charge is 2.48. The van der Waals surface area contributed by atoms with Crippen molar-refractivity contribution < 1.29 is 13.2 Å². The standard InChI is InChI=1S/C17H26N4O4S/c1-4-12(2)9-18-14(22)13-10-20-7-5-17(16(20)19-15(13)23)6-8-21(11-17)26(3,24)25/h10,12H,4-9,11H2,1-3H3,(H,18,22)/t12-,17-/m0/s1. The highest BCUT2D eigenvalue weighted by Crippen LogP contribution is 2.41. The molecule has 9 heteroatoms. The molecule has 2 atom stereocenters. The first-order valence-corrected chi connectivity index (χ1v) is 10.9. The number of fused-ring (bicyclic) bond motifs is 2. The Morgan fingerprint density at radius 3 is 2.69 bits per heavy atom. The van der Waals surface area contributed by atoms with Gasteiger partial charge < -0.3 is 9.88 Å². The molecule has 2 aliphatic rings. The topological polar surface area (TPSA) is 101 Å². The molecular formula is C17H26N4O4S. The third-order valence-corrected chi connectivity index (χ3v) is 6.89. The quantitative estimate of drug-likeness (QED) is 0.791. The van der Waals surface area contributed by atoms with Crippen molar-refractivity contribution in [3.05, 3.63) is 27.9 Å². The maximum absolute atomic E-state index is 12.4.